The smallest absolute Gasteiger partial charge is 0.291 e. The number of benzene rings is 1. The normalized spacial score (nSPS) is 21.3. The zero-order valence-electron chi connectivity index (χ0n) is 16.5. The van der Waals surface area contributed by atoms with Gasteiger partial charge in [-0.2, -0.15) is 10.4 Å². The van der Waals surface area contributed by atoms with Crippen molar-refractivity contribution in [3.05, 3.63) is 77.2 Å². The van der Waals surface area contributed by atoms with Gasteiger partial charge in [0.25, 0.3) is 5.92 Å². The van der Waals surface area contributed by atoms with E-state index in [2.05, 4.69) is 15.4 Å². The molecular formula is C22H18F3N5O. The Bertz CT molecular complexity index is 1150. The standard InChI is InChI=1S/C22H18F3N5O/c1-21(20(23)22(21,24)25)16-5-2-14(3-6-16)10-19(31)28-18-8-9-30(29-18)13-17-7-4-15(11-26)12-27-17/h2-9,12,20H,10,13H2,1H3,(H,28,29,31). The van der Waals surface area contributed by atoms with Crippen LogP contribution in [0.2, 0.25) is 0 Å². The molecule has 9 heteroatoms. The van der Waals surface area contributed by atoms with Crippen molar-refractivity contribution < 1.29 is 18.0 Å². The van der Waals surface area contributed by atoms with Crippen molar-refractivity contribution in [3.63, 3.8) is 0 Å². The number of halogens is 3. The number of pyridine rings is 1. The number of nitrogens with zero attached hydrogens (tertiary/aromatic N) is 4. The Hall–Kier alpha value is -3.67. The minimum Gasteiger partial charge on any atom is -0.309 e. The second-order valence-corrected chi connectivity index (χ2v) is 7.66. The maximum atomic E-state index is 13.5. The van der Waals surface area contributed by atoms with Crippen molar-refractivity contribution in [2.75, 3.05) is 5.32 Å². The highest BCUT2D eigenvalue weighted by Gasteiger charge is 2.80. The monoisotopic (exact) mass is 425 g/mol. The molecule has 31 heavy (non-hydrogen) atoms. The molecule has 0 bridgehead atoms. The fourth-order valence-corrected chi connectivity index (χ4v) is 3.43. The van der Waals surface area contributed by atoms with Gasteiger partial charge in [0.15, 0.2) is 12.0 Å². The van der Waals surface area contributed by atoms with Gasteiger partial charge in [-0.15, -0.1) is 0 Å². The summed E-state index contributed by atoms with van der Waals surface area (Å²) in [6, 6.07) is 13.0. The van der Waals surface area contributed by atoms with E-state index in [4.69, 9.17) is 5.26 Å². The Morgan fingerprint density at radius 1 is 1.23 bits per heavy atom. The SMILES string of the molecule is CC1(c2ccc(CC(=O)Nc3ccn(Cc4ccc(C#N)cn4)n3)cc2)C(F)C1(F)F. The van der Waals surface area contributed by atoms with Crippen molar-refractivity contribution in [3.8, 4) is 6.07 Å². The Morgan fingerprint density at radius 2 is 1.94 bits per heavy atom. The number of hydrogen-bond acceptors (Lipinski definition) is 4. The number of aromatic nitrogens is 3. The van der Waals surface area contributed by atoms with Crippen molar-refractivity contribution in [1.29, 1.82) is 5.26 Å². The minimum absolute atomic E-state index is 0.0243. The van der Waals surface area contributed by atoms with Crippen molar-refractivity contribution in [1.82, 2.24) is 14.8 Å². The van der Waals surface area contributed by atoms with E-state index in [-0.39, 0.29) is 17.9 Å². The molecular weight excluding hydrogens is 407 g/mol. The van der Waals surface area contributed by atoms with Crippen LogP contribution in [0.15, 0.2) is 54.9 Å². The summed E-state index contributed by atoms with van der Waals surface area (Å²) in [4.78, 5) is 16.5. The first-order valence-corrected chi connectivity index (χ1v) is 9.53. The molecule has 4 rings (SSSR count). The Kier molecular flexibility index (Phi) is 5.01. The predicted octanol–water partition coefficient (Wildman–Crippen LogP) is 3.62. The highest BCUT2D eigenvalue weighted by Crippen LogP contribution is 2.63. The van der Waals surface area contributed by atoms with Crippen LogP contribution < -0.4 is 5.32 Å². The Morgan fingerprint density at radius 3 is 2.52 bits per heavy atom. The Balaban J connectivity index is 1.33. The fourth-order valence-electron chi connectivity index (χ4n) is 3.43. The lowest BCUT2D eigenvalue weighted by Gasteiger charge is -2.10. The molecule has 2 aromatic heterocycles. The van der Waals surface area contributed by atoms with E-state index in [1.54, 1.807) is 41.2 Å². The summed E-state index contributed by atoms with van der Waals surface area (Å²) in [5, 5.41) is 15.7. The quantitative estimate of drug-likeness (QED) is 0.654. The first-order chi connectivity index (χ1) is 14.7. The average molecular weight is 425 g/mol. The summed E-state index contributed by atoms with van der Waals surface area (Å²) in [6.45, 7) is 1.57. The molecule has 3 aromatic rings. The van der Waals surface area contributed by atoms with Gasteiger partial charge >= 0.3 is 0 Å². The van der Waals surface area contributed by atoms with E-state index in [9.17, 15) is 18.0 Å². The molecule has 1 aliphatic carbocycles. The number of anilines is 1. The summed E-state index contributed by atoms with van der Waals surface area (Å²) in [5.41, 5.74) is 0.208. The molecule has 2 unspecified atom stereocenters. The van der Waals surface area contributed by atoms with Crippen LogP contribution in [-0.4, -0.2) is 32.8 Å². The number of alkyl halides is 3. The molecule has 6 nitrogen and oxygen atoms in total. The van der Waals surface area contributed by atoms with Gasteiger partial charge < -0.3 is 5.32 Å². The molecule has 1 aliphatic rings. The van der Waals surface area contributed by atoms with Crippen LogP contribution in [0, 0.1) is 11.3 Å². The third kappa shape index (κ3) is 3.77. The number of amides is 1. The molecule has 1 aromatic carbocycles. The van der Waals surface area contributed by atoms with Gasteiger partial charge in [0.2, 0.25) is 5.91 Å². The van der Waals surface area contributed by atoms with Crippen LogP contribution >= 0.6 is 0 Å². The fraction of sp³-hybridized carbons (Fsp3) is 0.273. The number of nitrogens with one attached hydrogen (secondary N) is 1. The van der Waals surface area contributed by atoms with Gasteiger partial charge in [0, 0.05) is 18.5 Å². The number of hydrogen-bond donors (Lipinski definition) is 1. The van der Waals surface area contributed by atoms with E-state index in [0.29, 0.717) is 29.2 Å². The highest BCUT2D eigenvalue weighted by molar-refractivity contribution is 5.91. The predicted molar refractivity (Wildman–Crippen MR) is 106 cm³/mol. The van der Waals surface area contributed by atoms with Crippen LogP contribution in [0.5, 0.6) is 0 Å². The van der Waals surface area contributed by atoms with Gasteiger partial charge in [0.05, 0.1) is 29.6 Å². The summed E-state index contributed by atoms with van der Waals surface area (Å²) < 4.78 is 42.2. The molecule has 1 amide bonds. The number of rotatable bonds is 6. The zero-order valence-corrected chi connectivity index (χ0v) is 16.5. The van der Waals surface area contributed by atoms with Gasteiger partial charge in [-0.3, -0.25) is 14.5 Å². The van der Waals surface area contributed by atoms with E-state index in [1.807, 2.05) is 6.07 Å². The van der Waals surface area contributed by atoms with E-state index in [0.717, 1.165) is 0 Å². The summed E-state index contributed by atoms with van der Waals surface area (Å²) in [5.74, 6) is -3.32. The van der Waals surface area contributed by atoms with Crippen LogP contribution in [0.3, 0.4) is 0 Å². The van der Waals surface area contributed by atoms with Gasteiger partial charge in [-0.05, 0) is 30.2 Å². The second kappa shape index (κ2) is 7.54. The van der Waals surface area contributed by atoms with Gasteiger partial charge in [0.1, 0.15) is 6.07 Å². The highest BCUT2D eigenvalue weighted by atomic mass is 19.3. The zero-order chi connectivity index (χ0) is 22.2. The number of nitriles is 1. The second-order valence-electron chi connectivity index (χ2n) is 7.66. The number of carbonyl (C=O) groups is 1. The molecule has 2 atom stereocenters. The molecule has 1 N–H and O–H groups in total. The molecule has 0 radical (unpaired) electrons. The largest absolute Gasteiger partial charge is 0.309 e. The first-order valence-electron chi connectivity index (χ1n) is 9.53. The van der Waals surface area contributed by atoms with Crippen LogP contribution in [0.1, 0.15) is 29.3 Å². The lowest BCUT2D eigenvalue weighted by molar-refractivity contribution is -0.115. The molecule has 1 fully saturated rings. The molecule has 158 valence electrons. The van der Waals surface area contributed by atoms with E-state index >= 15 is 0 Å². The topological polar surface area (TPSA) is 83.6 Å². The lowest BCUT2D eigenvalue weighted by Crippen LogP contribution is -2.16. The van der Waals surface area contributed by atoms with Crippen molar-refractivity contribution in [2.45, 2.75) is 37.4 Å². The number of carbonyl (C=O) groups excluding carboxylic acids is 1. The van der Waals surface area contributed by atoms with Crippen LogP contribution in [0.25, 0.3) is 0 Å². The minimum atomic E-state index is -3.36. The van der Waals surface area contributed by atoms with Gasteiger partial charge in [-0.1, -0.05) is 24.3 Å². The molecule has 0 aliphatic heterocycles. The molecule has 2 heterocycles. The van der Waals surface area contributed by atoms with E-state index in [1.165, 1.54) is 25.3 Å². The molecule has 1 saturated carbocycles. The Labute approximate surface area is 176 Å². The van der Waals surface area contributed by atoms with E-state index < -0.39 is 17.5 Å². The van der Waals surface area contributed by atoms with Gasteiger partial charge in [-0.25, -0.2) is 13.2 Å². The maximum absolute atomic E-state index is 13.5. The first kappa shape index (κ1) is 20.6. The third-order valence-electron chi connectivity index (χ3n) is 5.54. The average Bonchev–Trinajstić information content (AvgIpc) is 3.03. The maximum Gasteiger partial charge on any atom is 0.291 e. The van der Waals surface area contributed by atoms with Crippen LogP contribution in [0.4, 0.5) is 19.0 Å². The third-order valence-corrected chi connectivity index (χ3v) is 5.54. The summed E-state index contributed by atoms with van der Waals surface area (Å²) in [7, 11) is 0. The van der Waals surface area contributed by atoms with Crippen LogP contribution in [-0.2, 0) is 23.2 Å². The lowest BCUT2D eigenvalue weighted by atomic mass is 9.95. The van der Waals surface area contributed by atoms with Crippen molar-refractivity contribution >= 4 is 11.7 Å². The molecule has 0 spiro atoms. The van der Waals surface area contributed by atoms with Crippen molar-refractivity contribution in [2.24, 2.45) is 0 Å². The molecule has 0 saturated heterocycles. The summed E-state index contributed by atoms with van der Waals surface area (Å²) in [6.07, 6.45) is 0.999. The summed E-state index contributed by atoms with van der Waals surface area (Å²) >= 11 is 0.